The first kappa shape index (κ1) is 16.6. The molecular weight excluding hydrogens is 324 g/mol. The van der Waals surface area contributed by atoms with E-state index in [1.807, 2.05) is 20.0 Å². The molecule has 2 unspecified atom stereocenters. The number of rotatable bonds is 3. The standard InChI is InChI=1S/C20H24N6/c1-12-4-5-19-25-18(11-26(19)7-6-12)15-8-16(15)20(21)23-10-17-14(3)22-9-13(2)24-17/h4,6-7,9-11,15-16,24H,5,8H2,1-3H3,(H2,21,23)/b17-10+. The predicted octanol–water partition coefficient (Wildman–Crippen LogP) is 3.08. The number of imidazole rings is 1. The molecule has 0 radical (unpaired) electrons. The maximum Gasteiger partial charge on any atom is 0.116 e. The van der Waals surface area contributed by atoms with Gasteiger partial charge in [-0.2, -0.15) is 0 Å². The van der Waals surface area contributed by atoms with Gasteiger partial charge in [-0.05, 0) is 33.3 Å². The predicted molar refractivity (Wildman–Crippen MR) is 106 cm³/mol. The van der Waals surface area contributed by atoms with E-state index >= 15 is 0 Å². The van der Waals surface area contributed by atoms with Crippen LogP contribution in [0.3, 0.4) is 0 Å². The van der Waals surface area contributed by atoms with Crippen LogP contribution in [0.1, 0.15) is 44.6 Å². The van der Waals surface area contributed by atoms with Crippen LogP contribution in [-0.4, -0.2) is 21.1 Å². The molecule has 3 aliphatic rings. The van der Waals surface area contributed by atoms with Crippen molar-refractivity contribution in [1.29, 1.82) is 0 Å². The first-order valence-electron chi connectivity index (χ1n) is 8.96. The van der Waals surface area contributed by atoms with Crippen LogP contribution in [0.2, 0.25) is 0 Å². The van der Waals surface area contributed by atoms with E-state index in [0.717, 1.165) is 41.5 Å². The van der Waals surface area contributed by atoms with Crippen molar-refractivity contribution in [1.82, 2.24) is 14.9 Å². The summed E-state index contributed by atoms with van der Waals surface area (Å²) < 4.78 is 2.12. The molecule has 6 heteroatoms. The Kier molecular flexibility index (Phi) is 4.11. The van der Waals surface area contributed by atoms with Crippen molar-refractivity contribution in [3.63, 3.8) is 0 Å². The molecular formula is C20H24N6. The van der Waals surface area contributed by atoms with Gasteiger partial charge >= 0.3 is 0 Å². The zero-order valence-electron chi connectivity index (χ0n) is 15.4. The van der Waals surface area contributed by atoms with E-state index in [1.54, 1.807) is 6.20 Å². The largest absolute Gasteiger partial charge is 0.387 e. The summed E-state index contributed by atoms with van der Waals surface area (Å²) in [6, 6.07) is 0. The summed E-state index contributed by atoms with van der Waals surface area (Å²) in [5.74, 6) is 2.38. The van der Waals surface area contributed by atoms with Gasteiger partial charge in [-0.25, -0.2) is 9.98 Å². The van der Waals surface area contributed by atoms with Crippen LogP contribution in [0.15, 0.2) is 57.7 Å². The van der Waals surface area contributed by atoms with Crippen molar-refractivity contribution in [2.75, 3.05) is 0 Å². The average Bonchev–Trinajstić information content (AvgIpc) is 3.35. The molecule has 1 aliphatic carbocycles. The normalized spacial score (nSPS) is 26.5. The molecule has 2 atom stereocenters. The molecule has 26 heavy (non-hydrogen) atoms. The van der Waals surface area contributed by atoms with Gasteiger partial charge in [0.05, 0.1) is 23.3 Å². The lowest BCUT2D eigenvalue weighted by Gasteiger charge is -2.13. The molecule has 0 bridgehead atoms. The molecule has 3 N–H and O–H groups in total. The van der Waals surface area contributed by atoms with Crippen molar-refractivity contribution >= 4 is 17.7 Å². The quantitative estimate of drug-likeness (QED) is 0.651. The zero-order chi connectivity index (χ0) is 18.3. The highest BCUT2D eigenvalue weighted by Crippen LogP contribution is 2.47. The Labute approximate surface area is 153 Å². The van der Waals surface area contributed by atoms with Gasteiger partial charge in [0.15, 0.2) is 0 Å². The third kappa shape index (κ3) is 3.27. The van der Waals surface area contributed by atoms with Crippen LogP contribution in [-0.2, 0) is 6.42 Å². The Hall–Kier alpha value is -2.89. The van der Waals surface area contributed by atoms with Gasteiger partial charge in [-0.3, -0.25) is 4.99 Å². The van der Waals surface area contributed by atoms with Gasteiger partial charge < -0.3 is 15.6 Å². The highest BCUT2D eigenvalue weighted by atomic mass is 15.1. The zero-order valence-corrected chi connectivity index (χ0v) is 15.4. The lowest BCUT2D eigenvalue weighted by Crippen LogP contribution is -2.21. The van der Waals surface area contributed by atoms with Gasteiger partial charge in [0.1, 0.15) is 11.7 Å². The van der Waals surface area contributed by atoms with E-state index in [-0.39, 0.29) is 5.92 Å². The highest BCUT2D eigenvalue weighted by molar-refractivity contribution is 5.99. The fourth-order valence-corrected chi connectivity index (χ4v) is 3.24. The Morgan fingerprint density at radius 2 is 2.23 bits per heavy atom. The van der Waals surface area contributed by atoms with Crippen molar-refractivity contribution in [2.45, 2.75) is 39.5 Å². The lowest BCUT2D eigenvalue weighted by molar-refractivity contribution is 0.947. The molecule has 0 saturated heterocycles. The number of nitrogens with two attached hydrogens (primary N) is 1. The van der Waals surface area contributed by atoms with Gasteiger partial charge in [0, 0.05) is 42.6 Å². The second-order valence-electron chi connectivity index (χ2n) is 7.15. The molecule has 1 aromatic rings. The minimum Gasteiger partial charge on any atom is -0.387 e. The molecule has 6 nitrogen and oxygen atoms in total. The number of amidine groups is 1. The van der Waals surface area contributed by atoms with Crippen LogP contribution < -0.4 is 11.1 Å². The van der Waals surface area contributed by atoms with E-state index in [1.165, 1.54) is 5.57 Å². The third-order valence-corrected chi connectivity index (χ3v) is 5.00. The maximum absolute atomic E-state index is 6.23. The SMILES string of the molecule is CC1=CCc2nc(C3CC3C(N)=N/C=C3/NC(C)=CN=C3C)cn2C=C1. The number of aliphatic imine (C=N–C) groups is 2. The summed E-state index contributed by atoms with van der Waals surface area (Å²) in [4.78, 5) is 13.6. The van der Waals surface area contributed by atoms with Crippen LogP contribution in [0.4, 0.5) is 0 Å². The summed E-state index contributed by atoms with van der Waals surface area (Å²) in [6.45, 7) is 6.04. The van der Waals surface area contributed by atoms with Gasteiger partial charge in [0.2, 0.25) is 0 Å². The van der Waals surface area contributed by atoms with Gasteiger partial charge in [0.25, 0.3) is 0 Å². The Bertz CT molecular complexity index is 922. The minimum absolute atomic E-state index is 0.268. The number of nitrogens with one attached hydrogen (secondary N) is 1. The molecule has 2 aliphatic heterocycles. The minimum atomic E-state index is 0.268. The maximum atomic E-state index is 6.23. The molecule has 0 amide bonds. The number of nitrogens with zero attached hydrogens (tertiary/aromatic N) is 4. The Morgan fingerprint density at radius 3 is 3.08 bits per heavy atom. The van der Waals surface area contributed by atoms with Crippen LogP contribution >= 0.6 is 0 Å². The summed E-state index contributed by atoms with van der Waals surface area (Å²) in [7, 11) is 0. The third-order valence-electron chi connectivity index (χ3n) is 5.00. The number of aromatic nitrogens is 2. The van der Waals surface area contributed by atoms with E-state index in [0.29, 0.717) is 11.8 Å². The number of hydrogen-bond donors (Lipinski definition) is 2. The number of fused-ring (bicyclic) bond motifs is 1. The average molecular weight is 348 g/mol. The molecule has 4 rings (SSSR count). The highest BCUT2D eigenvalue weighted by Gasteiger charge is 2.43. The van der Waals surface area contributed by atoms with E-state index in [4.69, 9.17) is 10.7 Å². The van der Waals surface area contributed by atoms with E-state index in [2.05, 4.69) is 51.3 Å². The van der Waals surface area contributed by atoms with Gasteiger partial charge in [-0.1, -0.05) is 11.6 Å². The molecule has 1 aromatic heterocycles. The van der Waals surface area contributed by atoms with Crippen molar-refractivity contribution in [3.05, 3.63) is 59.2 Å². The van der Waals surface area contributed by atoms with Crippen molar-refractivity contribution in [2.24, 2.45) is 21.6 Å². The number of allylic oxidation sites excluding steroid dienone is 5. The van der Waals surface area contributed by atoms with E-state index < -0.39 is 0 Å². The lowest BCUT2D eigenvalue weighted by atomic mass is 10.2. The topological polar surface area (TPSA) is 80.6 Å². The van der Waals surface area contributed by atoms with E-state index in [9.17, 15) is 0 Å². The first-order valence-corrected chi connectivity index (χ1v) is 8.96. The van der Waals surface area contributed by atoms with Crippen LogP contribution in [0.25, 0.3) is 6.20 Å². The van der Waals surface area contributed by atoms with Crippen LogP contribution in [0, 0.1) is 5.92 Å². The second-order valence-corrected chi connectivity index (χ2v) is 7.15. The molecule has 0 aromatic carbocycles. The van der Waals surface area contributed by atoms with Crippen molar-refractivity contribution < 1.29 is 0 Å². The number of hydrogen-bond acceptors (Lipinski definition) is 4. The van der Waals surface area contributed by atoms with Gasteiger partial charge in [-0.15, -0.1) is 0 Å². The smallest absolute Gasteiger partial charge is 0.116 e. The first-order chi connectivity index (χ1) is 12.5. The molecule has 0 spiro atoms. The summed E-state index contributed by atoms with van der Waals surface area (Å²) in [5.41, 5.74) is 11.4. The Balaban J connectivity index is 1.46. The summed E-state index contributed by atoms with van der Waals surface area (Å²) >= 11 is 0. The summed E-state index contributed by atoms with van der Waals surface area (Å²) in [6.07, 6.45) is 14.0. The molecule has 1 saturated carbocycles. The summed E-state index contributed by atoms with van der Waals surface area (Å²) in [5, 5.41) is 3.27. The Morgan fingerprint density at radius 1 is 1.38 bits per heavy atom. The fraction of sp³-hybridized carbons (Fsp3) is 0.350. The molecule has 3 heterocycles. The monoisotopic (exact) mass is 348 g/mol. The fourth-order valence-electron chi connectivity index (χ4n) is 3.24. The van der Waals surface area contributed by atoms with Crippen molar-refractivity contribution in [3.8, 4) is 0 Å². The molecule has 1 fully saturated rings. The van der Waals surface area contributed by atoms with Crippen LogP contribution in [0.5, 0.6) is 0 Å². The second kappa shape index (κ2) is 6.44. The molecule has 134 valence electrons.